The lowest BCUT2D eigenvalue weighted by Crippen LogP contribution is -2.24. The van der Waals surface area contributed by atoms with Crippen LogP contribution in [0.25, 0.3) is 66.0 Å². The average Bonchev–Trinajstić information content (AvgIpc) is 3.42. The van der Waals surface area contributed by atoms with Crippen LogP contribution in [0, 0.1) is 0 Å². The molecule has 0 fully saturated rings. The van der Waals surface area contributed by atoms with Crippen LogP contribution in [0.3, 0.4) is 0 Å². The van der Waals surface area contributed by atoms with Crippen LogP contribution >= 0.6 is 0 Å². The molecule has 0 saturated carbocycles. The number of fused-ring (bicyclic) bond motifs is 9. The molecule has 0 saturated heterocycles. The molecule has 37 heavy (non-hydrogen) atoms. The molecule has 0 atom stereocenters. The Morgan fingerprint density at radius 1 is 0.486 bits per heavy atom. The Labute approximate surface area is 214 Å². The quantitative estimate of drug-likeness (QED) is 0.236. The van der Waals surface area contributed by atoms with Crippen molar-refractivity contribution in [3.05, 3.63) is 137 Å². The number of pyridine rings is 1. The zero-order chi connectivity index (χ0) is 24.3. The minimum atomic E-state index is 0.933. The van der Waals surface area contributed by atoms with Crippen LogP contribution in [0.15, 0.2) is 121 Å². The summed E-state index contributed by atoms with van der Waals surface area (Å²) >= 11 is 0. The second kappa shape index (κ2) is 7.88. The zero-order valence-electron chi connectivity index (χ0n) is 20.3. The molecular weight excluding hydrogens is 446 g/mol. The molecule has 1 heteroatoms. The summed E-state index contributed by atoms with van der Waals surface area (Å²) < 4.78 is 0. The van der Waals surface area contributed by atoms with Crippen LogP contribution in [0.1, 0.15) is 12.0 Å². The monoisotopic (exact) mass is 469 g/mol. The van der Waals surface area contributed by atoms with Crippen molar-refractivity contribution < 1.29 is 0 Å². The highest BCUT2D eigenvalue weighted by atomic mass is 14.6. The van der Waals surface area contributed by atoms with Crippen molar-refractivity contribution >= 4 is 54.9 Å². The minimum absolute atomic E-state index is 0.933. The maximum absolute atomic E-state index is 4.68. The SMILES string of the molecule is C1=c2c(ccc3cccnc23)=C(c2cccc(-c3ccc4c5ccccc5c5ccccc5c4c3)c2)C1. The van der Waals surface area contributed by atoms with Crippen LogP contribution in [0.5, 0.6) is 0 Å². The lowest BCUT2D eigenvalue weighted by Gasteiger charge is -2.13. The summed E-state index contributed by atoms with van der Waals surface area (Å²) in [5.74, 6) is 0. The predicted molar refractivity (Wildman–Crippen MR) is 157 cm³/mol. The van der Waals surface area contributed by atoms with E-state index in [1.165, 1.54) is 70.4 Å². The van der Waals surface area contributed by atoms with E-state index in [0.29, 0.717) is 0 Å². The van der Waals surface area contributed by atoms with Gasteiger partial charge in [-0.05, 0) is 84.4 Å². The Morgan fingerprint density at radius 2 is 1.16 bits per heavy atom. The number of nitrogens with zero attached hydrogens (tertiary/aromatic N) is 1. The van der Waals surface area contributed by atoms with E-state index in [2.05, 4.69) is 120 Å². The van der Waals surface area contributed by atoms with Crippen molar-refractivity contribution in [3.8, 4) is 11.1 Å². The molecule has 7 aromatic rings. The molecule has 0 N–H and O–H groups in total. The van der Waals surface area contributed by atoms with Gasteiger partial charge in [0.2, 0.25) is 0 Å². The fourth-order valence-electron chi connectivity index (χ4n) is 6.20. The molecule has 0 bridgehead atoms. The fourth-order valence-corrected chi connectivity index (χ4v) is 6.20. The smallest absolute Gasteiger partial charge is 0.0777 e. The van der Waals surface area contributed by atoms with Crippen LogP contribution in [0.2, 0.25) is 0 Å². The fraction of sp³-hybridized carbons (Fsp3) is 0.0278. The van der Waals surface area contributed by atoms with Gasteiger partial charge in [-0.25, -0.2) is 0 Å². The Kier molecular flexibility index (Phi) is 4.35. The van der Waals surface area contributed by atoms with Gasteiger partial charge < -0.3 is 0 Å². The van der Waals surface area contributed by atoms with Crippen molar-refractivity contribution in [3.63, 3.8) is 0 Å². The van der Waals surface area contributed by atoms with E-state index in [0.717, 1.165) is 11.9 Å². The lowest BCUT2D eigenvalue weighted by molar-refractivity contribution is 1.38. The van der Waals surface area contributed by atoms with Crippen molar-refractivity contribution in [2.24, 2.45) is 0 Å². The lowest BCUT2D eigenvalue weighted by atomic mass is 9.91. The van der Waals surface area contributed by atoms with Crippen LogP contribution in [0.4, 0.5) is 0 Å². The van der Waals surface area contributed by atoms with Gasteiger partial charge in [-0.2, -0.15) is 0 Å². The van der Waals surface area contributed by atoms with Crippen LogP contribution in [-0.2, 0) is 0 Å². The Bertz CT molecular complexity index is 2130. The summed E-state index contributed by atoms with van der Waals surface area (Å²) in [4.78, 5) is 4.68. The molecule has 0 radical (unpaired) electrons. The second-order valence-corrected chi connectivity index (χ2v) is 9.92. The van der Waals surface area contributed by atoms with Gasteiger partial charge >= 0.3 is 0 Å². The summed E-state index contributed by atoms with van der Waals surface area (Å²) in [5.41, 5.74) is 6.25. The summed E-state index contributed by atoms with van der Waals surface area (Å²) in [7, 11) is 0. The van der Waals surface area contributed by atoms with E-state index in [9.17, 15) is 0 Å². The van der Waals surface area contributed by atoms with E-state index >= 15 is 0 Å². The third kappa shape index (κ3) is 3.07. The molecule has 0 unspecified atom stereocenters. The summed E-state index contributed by atoms with van der Waals surface area (Å²) in [6.45, 7) is 0. The first-order valence-corrected chi connectivity index (χ1v) is 12.9. The maximum Gasteiger partial charge on any atom is 0.0777 e. The number of hydrogen-bond acceptors (Lipinski definition) is 1. The van der Waals surface area contributed by atoms with Crippen molar-refractivity contribution in [2.45, 2.75) is 6.42 Å². The maximum atomic E-state index is 4.68. The topological polar surface area (TPSA) is 12.9 Å². The van der Waals surface area contributed by atoms with Gasteiger partial charge in [0.15, 0.2) is 0 Å². The normalized spacial score (nSPS) is 12.9. The highest BCUT2D eigenvalue weighted by molar-refractivity contribution is 6.25. The highest BCUT2D eigenvalue weighted by Crippen LogP contribution is 2.37. The number of rotatable bonds is 2. The molecule has 1 nitrogen and oxygen atoms in total. The largest absolute Gasteiger partial charge is 0.256 e. The molecule has 0 aliphatic heterocycles. The average molecular weight is 470 g/mol. The summed E-state index contributed by atoms with van der Waals surface area (Å²) in [6.07, 6.45) is 5.16. The first-order chi connectivity index (χ1) is 18.3. The molecule has 8 rings (SSSR count). The summed E-state index contributed by atoms with van der Waals surface area (Å²) in [5, 5.41) is 11.6. The van der Waals surface area contributed by atoms with E-state index in [1.807, 2.05) is 12.3 Å². The highest BCUT2D eigenvalue weighted by Gasteiger charge is 2.13. The Hall–Kier alpha value is -4.75. The van der Waals surface area contributed by atoms with E-state index in [1.54, 1.807) is 0 Å². The van der Waals surface area contributed by atoms with Gasteiger partial charge in [-0.15, -0.1) is 0 Å². The molecule has 0 spiro atoms. The van der Waals surface area contributed by atoms with Crippen molar-refractivity contribution in [1.29, 1.82) is 0 Å². The molecule has 1 aliphatic carbocycles. The van der Waals surface area contributed by atoms with Gasteiger partial charge in [-0.3, -0.25) is 4.98 Å². The molecule has 172 valence electrons. The number of benzene rings is 6. The molecule has 1 heterocycles. The first kappa shape index (κ1) is 20.4. The third-order valence-corrected chi connectivity index (χ3v) is 7.94. The van der Waals surface area contributed by atoms with Gasteiger partial charge in [0.1, 0.15) is 0 Å². The molecule has 0 amide bonds. The number of hydrogen-bond donors (Lipinski definition) is 0. The number of aromatic nitrogens is 1. The van der Waals surface area contributed by atoms with Gasteiger partial charge in [0.05, 0.1) is 5.52 Å². The van der Waals surface area contributed by atoms with Gasteiger partial charge in [-0.1, -0.05) is 103 Å². The summed E-state index contributed by atoms with van der Waals surface area (Å²) in [6, 6.07) is 42.1. The van der Waals surface area contributed by atoms with Crippen LogP contribution in [-0.4, -0.2) is 4.98 Å². The Balaban J connectivity index is 1.33. The van der Waals surface area contributed by atoms with Crippen molar-refractivity contribution in [1.82, 2.24) is 4.98 Å². The van der Waals surface area contributed by atoms with Crippen molar-refractivity contribution in [2.75, 3.05) is 0 Å². The third-order valence-electron chi connectivity index (χ3n) is 7.94. The second-order valence-electron chi connectivity index (χ2n) is 9.92. The van der Waals surface area contributed by atoms with E-state index < -0.39 is 0 Å². The molecule has 1 aliphatic rings. The van der Waals surface area contributed by atoms with Gasteiger partial charge in [0.25, 0.3) is 0 Å². The first-order valence-electron chi connectivity index (χ1n) is 12.9. The van der Waals surface area contributed by atoms with Crippen LogP contribution < -0.4 is 10.4 Å². The molecule has 1 aromatic heterocycles. The van der Waals surface area contributed by atoms with Gasteiger partial charge in [0, 0.05) is 16.8 Å². The predicted octanol–water partition coefficient (Wildman–Crippen LogP) is 7.74. The van der Waals surface area contributed by atoms with E-state index in [-0.39, 0.29) is 0 Å². The molecular formula is C36H23N. The zero-order valence-corrected chi connectivity index (χ0v) is 20.3. The standard InChI is InChI=1S/C36H23N/c1-2-12-30-28(10-1)29-11-3-4-13-31(29)35-22-25(15-17-33(30)35)24-7-5-8-26(21-24)27-18-19-34-32(27)16-14-23-9-6-20-37-36(23)34/h1-17,19-22H,18H2. The molecule has 6 aromatic carbocycles. The Morgan fingerprint density at radius 3 is 1.95 bits per heavy atom. The van der Waals surface area contributed by atoms with E-state index in [4.69, 9.17) is 0 Å². The minimum Gasteiger partial charge on any atom is -0.256 e.